The van der Waals surface area contributed by atoms with Crippen LogP contribution in [-0.2, 0) is 70.6 Å². The van der Waals surface area contributed by atoms with Crippen LogP contribution in [0.2, 0.25) is 0 Å². The fraction of sp³-hybridized carbons (Fsp3) is 0.523. The summed E-state index contributed by atoms with van der Waals surface area (Å²) in [6.45, 7) is 11.5. The molecule has 0 spiro atoms. The molecule has 5 aliphatic carbocycles. The van der Waals surface area contributed by atoms with Crippen LogP contribution in [0.15, 0.2) is 139 Å². The maximum atomic E-state index is 13.8. The number of rotatable bonds is 15. The van der Waals surface area contributed by atoms with Crippen molar-refractivity contribution < 1.29 is 126 Å². The molecule has 34 heteroatoms. The molecule has 15 atom stereocenters. The first-order valence-corrected chi connectivity index (χ1v) is 54.3. The Morgan fingerprint density at radius 1 is 0.425 bits per heavy atom. The fourth-order valence-corrected chi connectivity index (χ4v) is 17.5. The number of ether oxygens (including phenoxy) is 3. The molecule has 0 bridgehead atoms. The Labute approximate surface area is 736 Å². The Morgan fingerprint density at radius 3 is 1.06 bits per heavy atom. The summed E-state index contributed by atoms with van der Waals surface area (Å²) in [5, 5.41) is 3.35. The zero-order valence-corrected chi connectivity index (χ0v) is 75.2. The van der Waals surface area contributed by atoms with Crippen molar-refractivity contribution in [3.8, 4) is 0 Å². The molecule has 2 saturated heterocycles. The number of carbonyl (C=O) groups excluding carboxylic acids is 3. The topological polar surface area (TPSA) is 94.2 Å². The van der Waals surface area contributed by atoms with Gasteiger partial charge in [-0.25, -0.2) is 13.2 Å². The summed E-state index contributed by atoms with van der Waals surface area (Å²) in [5.41, 5.74) is -5.25. The summed E-state index contributed by atoms with van der Waals surface area (Å²) in [5.74, 6) is 0.0875. The SMILES string of the molecule is C.CC[C@H]1CC[C@H](O[C@H](C)c2cc(C(F)(F)F)cc(C(F)(F)F)c2)[C@@H](c2ccc(F)cc2)[C@@H]1CC.CI.C[C@@H](O[C@H]1CC[C@@H]2CN(C3=CC(=O)CC3)C[C@H]2[C@@H]1c1ccc(F)cc1)c1cc(C(F)(F)F)cc(C(F)(F)F)c1.C[C@@H](O[C@H]1CC[C@@H]2CNC[C@H]2[C@@H]1c1ccc(F)cc1)c1cc(C(F)(F)F)cc(C(F)(F)F)c1.O=C1CCC(=O)C1.[I][V]([I])[I]. The summed E-state index contributed by atoms with van der Waals surface area (Å²) in [7, 11) is 0. The molecule has 120 heavy (non-hydrogen) atoms. The van der Waals surface area contributed by atoms with E-state index in [0.29, 0.717) is 75.5 Å². The van der Waals surface area contributed by atoms with Crippen LogP contribution in [0, 0.1) is 53.0 Å². The number of hydrogen-bond donors (Lipinski definition) is 1. The van der Waals surface area contributed by atoms with Crippen LogP contribution < -0.4 is 5.32 Å². The molecule has 8 nitrogen and oxygen atoms in total. The molecule has 0 amide bonds. The van der Waals surface area contributed by atoms with E-state index in [4.69, 9.17) is 14.2 Å². The van der Waals surface area contributed by atoms with Crippen molar-refractivity contribution in [1.29, 1.82) is 0 Å². The Morgan fingerprint density at radius 2 is 0.750 bits per heavy atom. The fourth-order valence-electron chi connectivity index (χ4n) is 17.5. The van der Waals surface area contributed by atoms with Gasteiger partial charge in [0.25, 0.3) is 0 Å². The first-order chi connectivity index (χ1) is 55.6. The first kappa shape index (κ1) is 103. The van der Waals surface area contributed by atoms with Crippen molar-refractivity contribution in [2.45, 2.75) is 217 Å². The first-order valence-electron chi connectivity index (χ1n) is 38.6. The second kappa shape index (κ2) is 44.5. The Hall–Kier alpha value is -4.26. The number of allylic oxidation sites excluding steroid dienone is 2. The van der Waals surface area contributed by atoms with Gasteiger partial charge in [0.15, 0.2) is 5.78 Å². The molecule has 7 aliphatic rings. The minimum atomic E-state index is -4.95. The van der Waals surface area contributed by atoms with Gasteiger partial charge in [-0.3, -0.25) is 14.4 Å². The van der Waals surface area contributed by atoms with Crippen LogP contribution in [0.5, 0.6) is 0 Å². The van der Waals surface area contributed by atoms with Gasteiger partial charge in [0.05, 0.1) is 76.4 Å². The molecular formula is C86H94F21I4N2O6V. The summed E-state index contributed by atoms with van der Waals surface area (Å²) in [4.78, 5) is 36.2. The van der Waals surface area contributed by atoms with Gasteiger partial charge in [0.2, 0.25) is 0 Å². The molecule has 6 aromatic rings. The number of carbonyl (C=O) groups is 3. The van der Waals surface area contributed by atoms with E-state index in [0.717, 1.165) is 98.4 Å². The third-order valence-electron chi connectivity index (χ3n) is 23.1. The van der Waals surface area contributed by atoms with Gasteiger partial charge in [-0.2, -0.15) is 79.0 Å². The molecule has 664 valence electrons. The molecule has 0 unspecified atom stereocenters. The van der Waals surface area contributed by atoms with Crippen molar-refractivity contribution in [2.75, 3.05) is 31.1 Å². The summed E-state index contributed by atoms with van der Waals surface area (Å²) >= 11 is 9.54. The molecule has 6 aromatic carbocycles. The van der Waals surface area contributed by atoms with Gasteiger partial charge in [0, 0.05) is 61.9 Å². The number of alkyl halides is 19. The Bertz CT molecular complexity index is 4240. The van der Waals surface area contributed by atoms with Gasteiger partial charge >= 0.3 is 102 Å². The number of benzene rings is 6. The number of fused-ring (bicyclic) bond motifs is 2. The number of likely N-dealkylation sites (tertiary alicyclic amines) is 1. The van der Waals surface area contributed by atoms with E-state index in [9.17, 15) is 107 Å². The number of hydrogen-bond acceptors (Lipinski definition) is 8. The van der Waals surface area contributed by atoms with Gasteiger partial charge in [0.1, 0.15) is 29.0 Å². The number of halogens is 25. The van der Waals surface area contributed by atoms with E-state index in [2.05, 4.69) is 107 Å². The quantitative estimate of drug-likeness (QED) is 0.0470. The second-order valence-electron chi connectivity index (χ2n) is 30.6. The summed E-state index contributed by atoms with van der Waals surface area (Å²) in [6.07, 6.45) is -24.0. The molecule has 2 heterocycles. The second-order valence-corrected chi connectivity index (χ2v) is 66.0. The van der Waals surface area contributed by atoms with Crippen LogP contribution in [0.25, 0.3) is 0 Å². The van der Waals surface area contributed by atoms with E-state index in [1.54, 1.807) is 42.5 Å². The third kappa shape index (κ3) is 28.6. The van der Waals surface area contributed by atoms with Gasteiger partial charge < -0.3 is 24.4 Å². The average molecular weight is 2210 g/mol. The molecule has 13 rings (SSSR count). The Balaban J connectivity index is 0.000000230. The average Bonchev–Trinajstić information content (AvgIpc) is 1.43. The minimum absolute atomic E-state index is 0. The van der Waals surface area contributed by atoms with Crippen LogP contribution in [0.1, 0.15) is 228 Å². The van der Waals surface area contributed by atoms with Crippen molar-refractivity contribution in [3.05, 3.63) is 223 Å². The summed E-state index contributed by atoms with van der Waals surface area (Å²) < 4.78 is 300. The van der Waals surface area contributed by atoms with Gasteiger partial charge in [-0.05, 0) is 244 Å². The van der Waals surface area contributed by atoms with E-state index in [1.807, 2.05) is 4.93 Å². The van der Waals surface area contributed by atoms with Gasteiger partial charge in [-0.15, -0.1) is 0 Å². The van der Waals surface area contributed by atoms with E-state index in [-0.39, 0.29) is 124 Å². The molecule has 0 radical (unpaired) electrons. The predicted molar refractivity (Wildman–Crippen MR) is 445 cm³/mol. The van der Waals surface area contributed by atoms with Crippen LogP contribution >= 0.6 is 82.5 Å². The van der Waals surface area contributed by atoms with Crippen molar-refractivity contribution in [1.82, 2.24) is 10.2 Å². The van der Waals surface area contributed by atoms with Crippen LogP contribution in [-0.4, -0.2) is 71.7 Å². The van der Waals surface area contributed by atoms with E-state index in [1.165, 1.54) is 57.2 Å². The molecule has 6 fully saturated rings. The number of Topliss-reactive ketones (excluding diaryl/α,β-unsaturated/α-hetero) is 2. The van der Waals surface area contributed by atoms with Crippen molar-refractivity contribution in [3.63, 3.8) is 0 Å². The van der Waals surface area contributed by atoms with E-state index >= 15 is 0 Å². The third-order valence-corrected chi connectivity index (χ3v) is 23.1. The Kier molecular flexibility index (Phi) is 38.1. The molecule has 1 N–H and O–H groups in total. The molecule has 2 aliphatic heterocycles. The zero-order valence-electron chi connectivity index (χ0n) is 65.2. The zero-order chi connectivity index (χ0) is 88.2. The number of nitrogens with one attached hydrogen (secondary N) is 1. The monoisotopic (exact) mass is 2210 g/mol. The predicted octanol–water partition coefficient (Wildman–Crippen LogP) is 28.0. The molecule has 0 aromatic heterocycles. The van der Waals surface area contributed by atoms with E-state index < -0.39 is 113 Å². The number of ketones is 3. The van der Waals surface area contributed by atoms with Crippen molar-refractivity contribution >= 4 is 99.9 Å². The molecule has 4 saturated carbocycles. The summed E-state index contributed by atoms with van der Waals surface area (Å²) in [6, 6.07) is 22.8. The van der Waals surface area contributed by atoms with Crippen molar-refractivity contribution in [2.24, 2.45) is 35.5 Å². The van der Waals surface area contributed by atoms with Crippen LogP contribution in [0.3, 0.4) is 0 Å². The normalized spacial score (nSPS) is 24.6. The van der Waals surface area contributed by atoms with Gasteiger partial charge in [-0.1, -0.05) is 93.1 Å². The molecular weight excluding hydrogens is 2110 g/mol. The van der Waals surface area contributed by atoms with Crippen LogP contribution in [0.4, 0.5) is 92.2 Å². The standard InChI is InChI=1S/C29H28F7NO2.C26H29F7O.C24H24F7NO.C5H6O2.CH3I.CH4.3HI.V/c1-16(19-10-20(28(31,32)33)12-21(11-19)29(34,35)36)39-26-9-4-18-14-37(23-7-8-24(38)13-23)15-25(18)27(26)17-2-5-22(30)6-3-17;1-4-16-8-11-23(24(22(16)5-2)17-6-9-21(27)10-7-17)34-15(3)18-12-19(25(28,29)30)14-20(13-18)26(31,32)33;1-13(16-8-17(23(26,27)28)10-18(9-16)24(29,30)31)33-21-7-4-15-11-32-12-20(15)22(21)14-2-5-19(25)6-3-14;6-4-1-2-5(7)3-4;1-2;;;;;/h2-3,5-6,10-13,16,18,25-27H,4,7-9,14-15H2,1H3;6-7,9-10,12-16,22-24H,4-5,8,11H2,1-3H3;2-3,5-6,8-10,13,15,20-22,32H,4,7,11-12H2,1H3;1-3H2;1H3;1H4;3*1H;/q;;;;;;;;;+3/p-3/t16-,18-,25-,26+,27+;15-,16+,22-,23+,24+;13-,15-,20-,21+,22+;;;;;;;/m111......./s1. The number of nitrogens with zero attached hydrogens (tertiary/aromatic N) is 1. The maximum absolute atomic E-state index is 13.8.